The zero-order chi connectivity index (χ0) is 9.40. The van der Waals surface area contributed by atoms with E-state index < -0.39 is 23.7 Å². The molecule has 12 heavy (non-hydrogen) atoms. The average molecular weight is 278 g/mol. The first-order valence-corrected chi connectivity index (χ1v) is 10.3. The summed E-state index contributed by atoms with van der Waals surface area (Å²) >= 11 is -1.98. The Balaban J connectivity index is 3.62. The molecule has 2 nitrogen and oxygen atoms in total. The van der Waals surface area contributed by atoms with Gasteiger partial charge in [0.2, 0.25) is 0 Å². The molecule has 0 aliphatic heterocycles. The third-order valence-electron chi connectivity index (χ3n) is 1.97. The van der Waals surface area contributed by atoms with Gasteiger partial charge >= 0.3 is 82.1 Å². The molecule has 0 saturated carbocycles. The van der Waals surface area contributed by atoms with Gasteiger partial charge in [0.05, 0.1) is 0 Å². The number of hydrogen-bond acceptors (Lipinski definition) is 1. The van der Waals surface area contributed by atoms with Crippen LogP contribution in [0.5, 0.6) is 0 Å². The Morgan fingerprint density at radius 2 is 1.58 bits per heavy atom. The van der Waals surface area contributed by atoms with Crippen molar-refractivity contribution in [3.63, 3.8) is 0 Å². The summed E-state index contributed by atoms with van der Waals surface area (Å²) in [6, 6.07) is 0. The van der Waals surface area contributed by atoms with E-state index in [1.54, 1.807) is 0 Å². The molecule has 3 heteroatoms. The van der Waals surface area contributed by atoms with Gasteiger partial charge in [0, 0.05) is 0 Å². The van der Waals surface area contributed by atoms with Crippen LogP contribution >= 0.6 is 0 Å². The van der Waals surface area contributed by atoms with E-state index in [1.165, 1.54) is 0 Å². The van der Waals surface area contributed by atoms with Crippen molar-refractivity contribution in [3.8, 4) is 0 Å². The van der Waals surface area contributed by atoms with Crippen molar-refractivity contribution in [2.75, 3.05) is 0 Å². The first-order valence-electron chi connectivity index (χ1n) is 4.80. The van der Waals surface area contributed by atoms with Gasteiger partial charge in [-0.3, -0.25) is 0 Å². The molecule has 0 heterocycles. The van der Waals surface area contributed by atoms with Gasteiger partial charge in [-0.1, -0.05) is 0 Å². The number of carboxylic acid groups (broad SMARTS) is 1. The predicted molar refractivity (Wildman–Crippen MR) is 53.2 cm³/mol. The van der Waals surface area contributed by atoms with Gasteiger partial charge in [0.15, 0.2) is 0 Å². The van der Waals surface area contributed by atoms with Crippen molar-refractivity contribution < 1.29 is 9.90 Å². The summed E-state index contributed by atoms with van der Waals surface area (Å²) in [5, 5.41) is 8.91. The molecule has 0 bridgehead atoms. The molecule has 1 radical (unpaired) electrons. The topological polar surface area (TPSA) is 37.3 Å². The van der Waals surface area contributed by atoms with Crippen LogP contribution in [0.3, 0.4) is 0 Å². The normalized spacial score (nSPS) is 10.6. The van der Waals surface area contributed by atoms with Crippen LogP contribution in [-0.2, 0) is 0 Å². The molecule has 0 spiro atoms. The Bertz CT molecular complexity index is 118. The van der Waals surface area contributed by atoms with E-state index in [0.717, 1.165) is 34.6 Å². The van der Waals surface area contributed by atoms with Gasteiger partial charge in [-0.15, -0.1) is 0 Å². The molecule has 0 aliphatic carbocycles. The molecule has 0 atom stereocenters. The molecule has 0 unspecified atom stereocenters. The summed E-state index contributed by atoms with van der Waals surface area (Å²) in [4.78, 5) is 10.8. The maximum atomic E-state index is 10.8. The Labute approximate surface area is 82.1 Å². The fraction of sp³-hybridized carbons (Fsp3) is 0.889. The van der Waals surface area contributed by atoms with Crippen LogP contribution in [0, 0.1) is 0 Å². The van der Waals surface area contributed by atoms with Gasteiger partial charge in [-0.25, -0.2) is 0 Å². The monoisotopic (exact) mass is 279 g/mol. The molecule has 0 rings (SSSR count). The second-order valence-corrected chi connectivity index (χ2v) is 10.6. The first kappa shape index (κ1) is 12.3. The molecule has 71 valence electrons. The van der Waals surface area contributed by atoms with Crippen molar-refractivity contribution in [3.05, 3.63) is 0 Å². The van der Waals surface area contributed by atoms with Crippen molar-refractivity contribution in [1.29, 1.82) is 0 Å². The summed E-state index contributed by atoms with van der Waals surface area (Å²) in [6.07, 6.45) is 4.54. The summed E-state index contributed by atoms with van der Waals surface area (Å²) < 4.78 is 1.68. The Kier molecular flexibility index (Phi) is 8.07. The number of carbonyl (C=O) groups is 1. The standard InChI is InChI=1S/2C4H9.CHO2.Sn/c2*1-3-4-2;2-1-3;/h2*1,3-4H2,2H3;(H,2,3);. The molecule has 0 aliphatic rings. The van der Waals surface area contributed by atoms with Crippen molar-refractivity contribution in [1.82, 2.24) is 0 Å². The molecular weight excluding hydrogens is 259 g/mol. The molecule has 0 saturated heterocycles. The van der Waals surface area contributed by atoms with Crippen LogP contribution in [0.4, 0.5) is 4.79 Å². The number of unbranched alkanes of at least 4 members (excludes halogenated alkanes) is 2. The van der Waals surface area contributed by atoms with E-state index in [4.69, 9.17) is 5.11 Å². The van der Waals surface area contributed by atoms with E-state index >= 15 is 0 Å². The van der Waals surface area contributed by atoms with Crippen LogP contribution in [0.1, 0.15) is 39.5 Å². The van der Waals surface area contributed by atoms with Gasteiger partial charge in [0.1, 0.15) is 0 Å². The minimum absolute atomic E-state index is 0.417. The predicted octanol–water partition coefficient (Wildman–Crippen LogP) is 3.34. The van der Waals surface area contributed by atoms with Crippen LogP contribution in [0.2, 0.25) is 8.87 Å². The maximum absolute atomic E-state index is 10.8. The minimum atomic E-state index is -1.98. The Hall–Kier alpha value is 0.269. The molecule has 0 aromatic rings. The van der Waals surface area contributed by atoms with Crippen LogP contribution in [-0.4, -0.2) is 28.9 Å². The third-order valence-corrected chi connectivity index (χ3v) is 9.16. The summed E-state index contributed by atoms with van der Waals surface area (Å²) in [6.45, 7) is 4.25. The Morgan fingerprint density at radius 1 is 1.17 bits per heavy atom. The fourth-order valence-electron chi connectivity index (χ4n) is 1.12. The average Bonchev–Trinajstić information content (AvgIpc) is 2.04. The second kappa shape index (κ2) is 7.89. The molecule has 0 aromatic heterocycles. The van der Waals surface area contributed by atoms with Crippen molar-refractivity contribution in [2.24, 2.45) is 0 Å². The van der Waals surface area contributed by atoms with Crippen molar-refractivity contribution in [2.45, 2.75) is 48.4 Å². The quantitative estimate of drug-likeness (QED) is 0.725. The van der Waals surface area contributed by atoms with Crippen LogP contribution < -0.4 is 0 Å². The molecule has 0 amide bonds. The van der Waals surface area contributed by atoms with Crippen molar-refractivity contribution >= 4 is 23.7 Å². The van der Waals surface area contributed by atoms with E-state index in [1.807, 2.05) is 0 Å². The van der Waals surface area contributed by atoms with Crippen LogP contribution in [0.15, 0.2) is 0 Å². The van der Waals surface area contributed by atoms with E-state index in [0.29, 0.717) is 0 Å². The van der Waals surface area contributed by atoms with Crippen LogP contribution in [0.25, 0.3) is 0 Å². The zero-order valence-corrected chi connectivity index (χ0v) is 11.0. The van der Waals surface area contributed by atoms with Gasteiger partial charge in [0.25, 0.3) is 0 Å². The first-order chi connectivity index (χ1) is 5.72. The summed E-state index contributed by atoms with van der Waals surface area (Å²) in [7, 11) is 0. The summed E-state index contributed by atoms with van der Waals surface area (Å²) in [5.74, 6) is 0. The summed E-state index contributed by atoms with van der Waals surface area (Å²) in [5.41, 5.74) is 0. The van der Waals surface area contributed by atoms with E-state index in [-0.39, 0.29) is 0 Å². The number of rotatable bonds is 7. The molecular formula is C9H19O2Sn. The number of hydrogen-bond donors (Lipinski definition) is 1. The zero-order valence-electron chi connectivity index (χ0n) is 8.10. The Morgan fingerprint density at radius 3 is 1.83 bits per heavy atom. The third kappa shape index (κ3) is 5.86. The van der Waals surface area contributed by atoms with E-state index in [2.05, 4.69) is 13.8 Å². The fourth-order valence-corrected chi connectivity index (χ4v) is 7.51. The second-order valence-electron chi connectivity index (χ2n) is 3.12. The van der Waals surface area contributed by atoms with Gasteiger partial charge < -0.3 is 0 Å². The van der Waals surface area contributed by atoms with Gasteiger partial charge in [-0.05, 0) is 0 Å². The molecule has 0 fully saturated rings. The van der Waals surface area contributed by atoms with Gasteiger partial charge in [-0.2, -0.15) is 0 Å². The van der Waals surface area contributed by atoms with E-state index in [9.17, 15) is 4.79 Å². The SMILES string of the molecule is CCC[CH2][Sn]([CH2]CCC)[C](=O)O. The molecule has 1 N–H and O–H groups in total. The molecule has 0 aromatic carbocycles.